The molecule has 37 heavy (non-hydrogen) atoms. The highest BCUT2D eigenvalue weighted by Crippen LogP contribution is 2.49. The number of piperazine rings is 1. The summed E-state index contributed by atoms with van der Waals surface area (Å²) in [7, 11) is 0. The van der Waals surface area contributed by atoms with Gasteiger partial charge in [0, 0.05) is 30.8 Å². The van der Waals surface area contributed by atoms with Gasteiger partial charge < -0.3 is 14.5 Å². The number of fused-ring (bicyclic) bond motifs is 1. The van der Waals surface area contributed by atoms with Crippen LogP contribution in [0.1, 0.15) is 76.0 Å². The molecule has 3 aromatic rings. The van der Waals surface area contributed by atoms with Crippen LogP contribution in [0.4, 0.5) is 4.79 Å². The van der Waals surface area contributed by atoms with E-state index in [4.69, 9.17) is 14.8 Å². The number of imidazole rings is 1. The second kappa shape index (κ2) is 8.57. The Bertz CT molecular complexity index is 1360. The van der Waals surface area contributed by atoms with Crippen molar-refractivity contribution in [3.05, 3.63) is 53.3 Å². The third-order valence-corrected chi connectivity index (χ3v) is 7.44. The summed E-state index contributed by atoms with van der Waals surface area (Å²) in [6.45, 7) is 15.0. The minimum atomic E-state index is -0.576. The van der Waals surface area contributed by atoms with Crippen molar-refractivity contribution in [1.29, 1.82) is 0 Å². The molecule has 8 nitrogen and oxygen atoms in total. The van der Waals surface area contributed by atoms with E-state index in [1.54, 1.807) is 15.6 Å². The molecule has 1 aliphatic carbocycles. The summed E-state index contributed by atoms with van der Waals surface area (Å²) in [6, 6.07) is 10.5. The number of aryl methyl sites for hydroxylation is 1. The van der Waals surface area contributed by atoms with Crippen LogP contribution in [0.15, 0.2) is 36.5 Å². The van der Waals surface area contributed by atoms with Gasteiger partial charge in [-0.25, -0.2) is 14.3 Å². The largest absolute Gasteiger partial charge is 0.444 e. The Balaban J connectivity index is 1.45. The highest BCUT2D eigenvalue weighted by atomic mass is 16.6. The van der Waals surface area contributed by atoms with E-state index in [0.717, 1.165) is 35.3 Å². The molecule has 1 aromatic carbocycles. The number of rotatable bonds is 3. The molecular weight excluding hydrogens is 466 g/mol. The zero-order chi connectivity index (χ0) is 26.8. The second-order valence-corrected chi connectivity index (χ2v) is 12.4. The molecule has 0 bridgehead atoms. The van der Waals surface area contributed by atoms with Crippen LogP contribution >= 0.6 is 0 Å². The Morgan fingerprint density at radius 3 is 2.30 bits per heavy atom. The van der Waals surface area contributed by atoms with Crippen molar-refractivity contribution >= 4 is 17.6 Å². The molecule has 2 aromatic heterocycles. The van der Waals surface area contributed by atoms with Gasteiger partial charge in [0.1, 0.15) is 11.3 Å². The zero-order valence-electron chi connectivity index (χ0n) is 23.0. The van der Waals surface area contributed by atoms with Crippen molar-refractivity contribution in [1.82, 2.24) is 24.4 Å². The van der Waals surface area contributed by atoms with E-state index in [1.165, 1.54) is 5.56 Å². The van der Waals surface area contributed by atoms with E-state index in [1.807, 2.05) is 39.5 Å². The molecule has 5 rings (SSSR count). The third-order valence-electron chi connectivity index (χ3n) is 7.44. The van der Waals surface area contributed by atoms with Crippen molar-refractivity contribution in [3.8, 4) is 11.3 Å². The number of carbonyl (C=O) groups is 2. The minimum Gasteiger partial charge on any atom is -0.444 e. The standard InChI is InChI=1S/C29H37N5O3/c1-19-8-10-20(11-9-19)22-16-21(29(7)12-13-29)24-30-23(17-34(24)31-22)25(35)33-15-14-32(18-28(33,5)6)26(36)37-27(2,3)4/h8-11,16-17H,12-15,18H2,1-7H3. The lowest BCUT2D eigenvalue weighted by Gasteiger charge is -2.46. The fourth-order valence-corrected chi connectivity index (χ4v) is 5.00. The molecule has 0 radical (unpaired) electrons. The van der Waals surface area contributed by atoms with Crippen molar-refractivity contribution in [2.45, 2.75) is 77.9 Å². The molecule has 3 heterocycles. The predicted octanol–water partition coefficient (Wildman–Crippen LogP) is 5.23. The first-order chi connectivity index (χ1) is 17.3. The van der Waals surface area contributed by atoms with Gasteiger partial charge in [0.2, 0.25) is 0 Å². The summed E-state index contributed by atoms with van der Waals surface area (Å²) in [5.41, 5.74) is 4.27. The Hall–Kier alpha value is -3.42. The molecule has 0 spiro atoms. The first kappa shape index (κ1) is 25.2. The van der Waals surface area contributed by atoms with Gasteiger partial charge in [-0.2, -0.15) is 5.10 Å². The zero-order valence-corrected chi connectivity index (χ0v) is 23.0. The molecule has 0 unspecified atom stereocenters. The Morgan fingerprint density at radius 1 is 1.03 bits per heavy atom. The lowest BCUT2D eigenvalue weighted by atomic mass is 9.97. The van der Waals surface area contributed by atoms with Gasteiger partial charge in [-0.05, 0) is 65.9 Å². The fraction of sp³-hybridized carbons (Fsp3) is 0.517. The number of benzene rings is 1. The SMILES string of the molecule is Cc1ccc(-c2cc(C3(C)CC3)c3nc(C(=O)N4CCN(C(=O)OC(C)(C)C)CC4(C)C)cn3n2)cc1. The molecule has 8 heteroatoms. The maximum absolute atomic E-state index is 13.7. The quantitative estimate of drug-likeness (QED) is 0.489. The van der Waals surface area contributed by atoms with Gasteiger partial charge in [0.25, 0.3) is 5.91 Å². The summed E-state index contributed by atoms with van der Waals surface area (Å²) >= 11 is 0. The first-order valence-corrected chi connectivity index (χ1v) is 13.0. The highest BCUT2D eigenvalue weighted by molar-refractivity contribution is 5.94. The Morgan fingerprint density at radius 2 is 1.70 bits per heavy atom. The number of hydrogen-bond acceptors (Lipinski definition) is 5. The van der Waals surface area contributed by atoms with Crippen LogP contribution in [0.25, 0.3) is 16.9 Å². The number of ether oxygens (including phenoxy) is 1. The van der Waals surface area contributed by atoms with Crippen LogP contribution in [-0.2, 0) is 10.2 Å². The van der Waals surface area contributed by atoms with E-state index in [2.05, 4.69) is 44.2 Å². The van der Waals surface area contributed by atoms with Crippen molar-refractivity contribution in [3.63, 3.8) is 0 Å². The first-order valence-electron chi connectivity index (χ1n) is 13.0. The van der Waals surface area contributed by atoms with Crippen molar-refractivity contribution in [2.75, 3.05) is 19.6 Å². The summed E-state index contributed by atoms with van der Waals surface area (Å²) in [6.07, 6.45) is 3.59. The van der Waals surface area contributed by atoms with E-state index >= 15 is 0 Å². The summed E-state index contributed by atoms with van der Waals surface area (Å²) in [5, 5.41) is 4.84. The number of amides is 2. The molecule has 2 aliphatic rings. The topological polar surface area (TPSA) is 80.0 Å². The lowest BCUT2D eigenvalue weighted by Crippen LogP contribution is -2.62. The summed E-state index contributed by atoms with van der Waals surface area (Å²) in [5.74, 6) is -0.150. The second-order valence-electron chi connectivity index (χ2n) is 12.4. The van der Waals surface area contributed by atoms with Gasteiger partial charge in [-0.3, -0.25) is 4.79 Å². The third kappa shape index (κ3) is 4.93. The van der Waals surface area contributed by atoms with Crippen LogP contribution in [0, 0.1) is 6.92 Å². The van der Waals surface area contributed by atoms with E-state index < -0.39 is 11.1 Å². The van der Waals surface area contributed by atoms with Crippen LogP contribution in [0.2, 0.25) is 0 Å². The molecule has 2 amide bonds. The minimum absolute atomic E-state index is 0.0492. The number of aromatic nitrogens is 3. The van der Waals surface area contributed by atoms with E-state index in [9.17, 15) is 9.59 Å². The van der Waals surface area contributed by atoms with Crippen LogP contribution in [0.5, 0.6) is 0 Å². The van der Waals surface area contributed by atoms with Crippen molar-refractivity contribution < 1.29 is 14.3 Å². The molecule has 0 N–H and O–H groups in total. The molecule has 1 saturated heterocycles. The van der Waals surface area contributed by atoms with Crippen LogP contribution < -0.4 is 0 Å². The number of carbonyl (C=O) groups excluding carboxylic acids is 2. The Kier molecular flexibility index (Phi) is 5.84. The van der Waals surface area contributed by atoms with Gasteiger partial charge >= 0.3 is 6.09 Å². The lowest BCUT2D eigenvalue weighted by molar-refractivity contribution is -0.0110. The smallest absolute Gasteiger partial charge is 0.410 e. The van der Waals surface area contributed by atoms with Crippen LogP contribution in [0.3, 0.4) is 0 Å². The molecule has 2 fully saturated rings. The summed E-state index contributed by atoms with van der Waals surface area (Å²) in [4.78, 5) is 34.7. The van der Waals surface area contributed by atoms with Crippen molar-refractivity contribution in [2.24, 2.45) is 0 Å². The average molecular weight is 504 g/mol. The molecule has 0 atom stereocenters. The van der Waals surface area contributed by atoms with Crippen LogP contribution in [-0.4, -0.2) is 67.2 Å². The number of nitrogens with zero attached hydrogens (tertiary/aromatic N) is 5. The van der Waals surface area contributed by atoms with Gasteiger partial charge in [-0.15, -0.1) is 0 Å². The fourth-order valence-electron chi connectivity index (χ4n) is 5.00. The highest BCUT2D eigenvalue weighted by Gasteiger charge is 2.43. The maximum atomic E-state index is 13.7. The Labute approximate surface area is 218 Å². The molecule has 1 aliphatic heterocycles. The monoisotopic (exact) mass is 503 g/mol. The van der Waals surface area contributed by atoms with Gasteiger partial charge in [-0.1, -0.05) is 36.8 Å². The normalized spacial score (nSPS) is 18.7. The molecular formula is C29H37N5O3. The molecule has 1 saturated carbocycles. The molecule has 196 valence electrons. The number of hydrogen-bond donors (Lipinski definition) is 0. The van der Waals surface area contributed by atoms with E-state index in [-0.39, 0.29) is 17.4 Å². The maximum Gasteiger partial charge on any atom is 0.410 e. The average Bonchev–Trinajstić information content (AvgIpc) is 3.40. The van der Waals surface area contributed by atoms with Gasteiger partial charge in [0.15, 0.2) is 5.65 Å². The van der Waals surface area contributed by atoms with E-state index in [0.29, 0.717) is 25.3 Å². The predicted molar refractivity (Wildman–Crippen MR) is 143 cm³/mol. The summed E-state index contributed by atoms with van der Waals surface area (Å²) < 4.78 is 7.32. The van der Waals surface area contributed by atoms with Gasteiger partial charge in [0.05, 0.1) is 17.4 Å².